The number of hydrogen-bond acceptors (Lipinski definition) is 7. The molecule has 0 saturated heterocycles. The van der Waals surface area contributed by atoms with Crippen molar-refractivity contribution in [3.63, 3.8) is 0 Å². The van der Waals surface area contributed by atoms with Gasteiger partial charge < -0.3 is 15.2 Å². The normalized spacial score (nSPS) is 15.7. The highest BCUT2D eigenvalue weighted by Gasteiger charge is 2.43. The maximum absolute atomic E-state index is 13.1. The first-order valence-corrected chi connectivity index (χ1v) is 11.1. The second-order valence-electron chi connectivity index (χ2n) is 8.06. The van der Waals surface area contributed by atoms with Crippen LogP contribution in [0.4, 0.5) is 5.69 Å². The number of nitrogens with zero attached hydrogens (tertiary/aromatic N) is 2. The Morgan fingerprint density at radius 3 is 2.32 bits per heavy atom. The van der Waals surface area contributed by atoms with Gasteiger partial charge >= 0.3 is 11.9 Å². The van der Waals surface area contributed by atoms with Gasteiger partial charge in [-0.3, -0.25) is 4.90 Å². The Morgan fingerprint density at radius 1 is 1.09 bits per heavy atom. The van der Waals surface area contributed by atoms with Crippen LogP contribution in [0, 0.1) is 18.3 Å². The van der Waals surface area contributed by atoms with E-state index in [2.05, 4.69) is 13.0 Å². The first-order chi connectivity index (χ1) is 16.4. The SMILES string of the molecule is CCCCc1ccc(N2C(N)=C(C#N)C(c3ccccc3)C(C(=O)OC)=C2C(=O)OC)c(C)c1. The second-order valence-corrected chi connectivity index (χ2v) is 8.06. The van der Waals surface area contributed by atoms with Gasteiger partial charge in [0.15, 0.2) is 0 Å². The molecule has 0 fully saturated rings. The van der Waals surface area contributed by atoms with E-state index in [1.54, 1.807) is 24.3 Å². The Kier molecular flexibility index (Phi) is 7.75. The van der Waals surface area contributed by atoms with Crippen molar-refractivity contribution in [3.8, 4) is 6.07 Å². The highest BCUT2D eigenvalue weighted by molar-refractivity contribution is 6.06. The van der Waals surface area contributed by atoms with E-state index < -0.39 is 17.9 Å². The van der Waals surface area contributed by atoms with E-state index in [-0.39, 0.29) is 22.7 Å². The molecule has 0 radical (unpaired) electrons. The first kappa shape index (κ1) is 24.6. The molecule has 0 aromatic heterocycles. The van der Waals surface area contributed by atoms with Crippen LogP contribution in [-0.4, -0.2) is 26.2 Å². The number of esters is 2. The summed E-state index contributed by atoms with van der Waals surface area (Å²) in [5.74, 6) is -2.31. The molecule has 7 nitrogen and oxygen atoms in total. The number of unbranched alkanes of at least 4 members (excludes halogenated alkanes) is 1. The fourth-order valence-corrected chi connectivity index (χ4v) is 4.27. The topological polar surface area (TPSA) is 106 Å². The molecular formula is C27H29N3O4. The largest absolute Gasteiger partial charge is 0.466 e. The maximum Gasteiger partial charge on any atom is 0.355 e. The molecule has 2 N–H and O–H groups in total. The standard InChI is InChI=1S/C27H29N3O4/c1-5-6-10-18-13-14-21(17(2)15-18)30-24(27(32)34-4)23(26(31)33-3)22(20(16-28)25(30)29)19-11-8-7-9-12-19/h7-9,11-15,22H,5-6,10,29H2,1-4H3. The van der Waals surface area contributed by atoms with Crippen molar-refractivity contribution in [1.29, 1.82) is 5.26 Å². The van der Waals surface area contributed by atoms with Gasteiger partial charge in [-0.15, -0.1) is 0 Å². The molecule has 2 aromatic rings. The molecule has 1 atom stereocenters. The number of methoxy groups -OCH3 is 2. The van der Waals surface area contributed by atoms with Crippen LogP contribution in [0.3, 0.4) is 0 Å². The summed E-state index contributed by atoms with van der Waals surface area (Å²) >= 11 is 0. The van der Waals surface area contributed by atoms with E-state index in [1.165, 1.54) is 19.1 Å². The summed E-state index contributed by atoms with van der Waals surface area (Å²) in [6, 6.07) is 17.0. The summed E-state index contributed by atoms with van der Waals surface area (Å²) in [6.45, 7) is 4.04. The van der Waals surface area contributed by atoms with Crippen LogP contribution >= 0.6 is 0 Å². The van der Waals surface area contributed by atoms with E-state index in [0.29, 0.717) is 11.3 Å². The number of benzene rings is 2. The number of ether oxygens (including phenoxy) is 2. The minimum absolute atomic E-state index is 0.000703. The summed E-state index contributed by atoms with van der Waals surface area (Å²) in [7, 11) is 2.47. The number of allylic oxidation sites excluding steroid dienone is 1. The van der Waals surface area contributed by atoms with Crippen LogP contribution in [-0.2, 0) is 25.5 Å². The number of hydrogen-bond donors (Lipinski definition) is 1. The van der Waals surface area contributed by atoms with Crippen molar-refractivity contribution in [2.24, 2.45) is 5.73 Å². The first-order valence-electron chi connectivity index (χ1n) is 11.1. The highest BCUT2D eigenvalue weighted by atomic mass is 16.5. The number of anilines is 1. The van der Waals surface area contributed by atoms with Crippen molar-refractivity contribution in [1.82, 2.24) is 0 Å². The molecule has 0 aliphatic carbocycles. The average molecular weight is 460 g/mol. The van der Waals surface area contributed by atoms with Gasteiger partial charge in [0.05, 0.1) is 43.0 Å². The molecule has 1 aliphatic heterocycles. The third kappa shape index (κ3) is 4.53. The molecule has 34 heavy (non-hydrogen) atoms. The summed E-state index contributed by atoms with van der Waals surface area (Å²) in [5, 5.41) is 10.1. The van der Waals surface area contributed by atoms with Crippen LogP contribution in [0.25, 0.3) is 0 Å². The fraction of sp³-hybridized carbons (Fsp3) is 0.296. The van der Waals surface area contributed by atoms with Gasteiger partial charge in [0.25, 0.3) is 0 Å². The predicted molar refractivity (Wildman–Crippen MR) is 129 cm³/mol. The van der Waals surface area contributed by atoms with Crippen LogP contribution in [0.15, 0.2) is 71.2 Å². The molecule has 0 bridgehead atoms. The van der Waals surface area contributed by atoms with Crippen LogP contribution in [0.5, 0.6) is 0 Å². The summed E-state index contributed by atoms with van der Waals surface area (Å²) in [6.07, 6.45) is 3.06. The molecule has 3 rings (SSSR count). The lowest BCUT2D eigenvalue weighted by Crippen LogP contribution is -2.41. The van der Waals surface area contributed by atoms with Crippen LogP contribution in [0.2, 0.25) is 0 Å². The lowest BCUT2D eigenvalue weighted by atomic mass is 9.80. The van der Waals surface area contributed by atoms with Gasteiger partial charge in [-0.1, -0.05) is 55.8 Å². The Hall–Kier alpha value is -4.05. The third-order valence-electron chi connectivity index (χ3n) is 5.93. The summed E-state index contributed by atoms with van der Waals surface area (Å²) in [4.78, 5) is 27.7. The predicted octanol–water partition coefficient (Wildman–Crippen LogP) is 4.24. The number of carbonyl (C=O) groups is 2. The Labute approximate surface area is 200 Å². The number of carbonyl (C=O) groups excluding carboxylic acids is 2. The van der Waals surface area contributed by atoms with Gasteiger partial charge in [0.1, 0.15) is 11.5 Å². The maximum atomic E-state index is 13.1. The molecular weight excluding hydrogens is 430 g/mol. The van der Waals surface area contributed by atoms with E-state index >= 15 is 0 Å². The average Bonchev–Trinajstić information content (AvgIpc) is 2.86. The number of nitriles is 1. The molecule has 0 amide bonds. The van der Waals surface area contributed by atoms with Crippen LogP contribution < -0.4 is 10.6 Å². The van der Waals surface area contributed by atoms with Crippen LogP contribution in [0.1, 0.15) is 42.4 Å². The van der Waals surface area contributed by atoms with E-state index in [1.807, 2.05) is 31.2 Å². The minimum Gasteiger partial charge on any atom is -0.466 e. The molecule has 176 valence electrons. The van der Waals surface area contributed by atoms with E-state index in [4.69, 9.17) is 15.2 Å². The summed E-state index contributed by atoms with van der Waals surface area (Å²) in [5.41, 5.74) is 9.85. The van der Waals surface area contributed by atoms with Gasteiger partial charge in [-0.2, -0.15) is 5.26 Å². The smallest absolute Gasteiger partial charge is 0.355 e. The summed E-state index contributed by atoms with van der Waals surface area (Å²) < 4.78 is 10.1. The fourth-order valence-electron chi connectivity index (χ4n) is 4.27. The van der Waals surface area contributed by atoms with Crippen molar-refractivity contribution < 1.29 is 19.1 Å². The van der Waals surface area contributed by atoms with Crippen molar-refractivity contribution in [2.75, 3.05) is 19.1 Å². The lowest BCUT2D eigenvalue weighted by Gasteiger charge is -2.36. The molecule has 2 aromatic carbocycles. The molecule has 1 heterocycles. The second kappa shape index (κ2) is 10.7. The Balaban J connectivity index is 2.33. The molecule has 0 saturated carbocycles. The highest BCUT2D eigenvalue weighted by Crippen LogP contribution is 2.43. The third-order valence-corrected chi connectivity index (χ3v) is 5.93. The molecule has 0 spiro atoms. The van der Waals surface area contributed by atoms with Gasteiger partial charge in [-0.05, 0) is 42.5 Å². The monoisotopic (exact) mass is 459 g/mol. The van der Waals surface area contributed by atoms with Gasteiger partial charge in [0, 0.05) is 0 Å². The zero-order valence-electron chi connectivity index (χ0n) is 19.9. The van der Waals surface area contributed by atoms with Crippen molar-refractivity contribution in [2.45, 2.75) is 39.0 Å². The van der Waals surface area contributed by atoms with E-state index in [9.17, 15) is 14.9 Å². The Morgan fingerprint density at radius 2 is 1.76 bits per heavy atom. The molecule has 7 heteroatoms. The van der Waals surface area contributed by atoms with Gasteiger partial charge in [-0.25, -0.2) is 9.59 Å². The minimum atomic E-state index is -0.881. The van der Waals surface area contributed by atoms with Crippen molar-refractivity contribution in [3.05, 3.63) is 87.9 Å². The van der Waals surface area contributed by atoms with Gasteiger partial charge in [0.2, 0.25) is 0 Å². The zero-order valence-corrected chi connectivity index (χ0v) is 19.9. The quantitative estimate of drug-likeness (QED) is 0.618. The number of nitrogens with two attached hydrogens (primary N) is 1. The number of rotatable bonds is 7. The molecule has 1 unspecified atom stereocenters. The molecule has 1 aliphatic rings. The Bertz CT molecular complexity index is 1190. The lowest BCUT2D eigenvalue weighted by molar-refractivity contribution is -0.139. The zero-order chi connectivity index (χ0) is 24.8. The van der Waals surface area contributed by atoms with Crippen molar-refractivity contribution >= 4 is 17.6 Å². The van der Waals surface area contributed by atoms with E-state index in [0.717, 1.165) is 30.4 Å². The number of aryl methyl sites for hydroxylation is 2.